The van der Waals surface area contributed by atoms with Crippen LogP contribution in [-0.4, -0.2) is 5.84 Å². The number of thiol groups is 1. The van der Waals surface area contributed by atoms with Crippen LogP contribution in [0.2, 0.25) is 0 Å². The second-order valence-corrected chi connectivity index (χ2v) is 2.58. The minimum atomic E-state index is 0.107. The maximum atomic E-state index is 7.12. The fourth-order valence-electron chi connectivity index (χ4n) is 0.790. The molecule has 2 nitrogen and oxygen atoms in total. The van der Waals surface area contributed by atoms with Gasteiger partial charge < -0.3 is 5.73 Å². The Kier molecular flexibility index (Phi) is 2.54. The molecule has 3 heteroatoms. The number of rotatable bonds is 2. The first kappa shape index (κ1) is 8.14. The average Bonchev–Trinajstić information content (AvgIpc) is 2.05. The molecule has 0 atom stereocenters. The van der Waals surface area contributed by atoms with Crippen molar-refractivity contribution in [2.75, 3.05) is 0 Å². The van der Waals surface area contributed by atoms with Crippen molar-refractivity contribution in [3.63, 3.8) is 0 Å². The van der Waals surface area contributed by atoms with E-state index < -0.39 is 0 Å². The maximum absolute atomic E-state index is 7.12. The Labute approximate surface area is 71.3 Å². The predicted molar refractivity (Wildman–Crippen MR) is 50.1 cm³/mol. The van der Waals surface area contributed by atoms with Crippen molar-refractivity contribution in [1.29, 1.82) is 5.41 Å². The van der Waals surface area contributed by atoms with Crippen LogP contribution in [0.4, 0.5) is 0 Å². The van der Waals surface area contributed by atoms with Crippen molar-refractivity contribution < 1.29 is 0 Å². The first-order valence-corrected chi connectivity index (χ1v) is 3.91. The molecule has 11 heavy (non-hydrogen) atoms. The monoisotopic (exact) mass is 166 g/mol. The van der Waals surface area contributed by atoms with Crippen LogP contribution in [-0.2, 0) is 5.75 Å². The highest BCUT2D eigenvalue weighted by molar-refractivity contribution is 7.79. The lowest BCUT2D eigenvalue weighted by atomic mass is 10.1. The zero-order valence-electron chi connectivity index (χ0n) is 6.04. The van der Waals surface area contributed by atoms with Crippen LogP contribution in [0.1, 0.15) is 11.1 Å². The van der Waals surface area contributed by atoms with E-state index in [9.17, 15) is 0 Å². The third-order valence-electron chi connectivity index (χ3n) is 1.45. The Hall–Kier alpha value is -0.960. The van der Waals surface area contributed by atoms with E-state index in [0.717, 1.165) is 16.9 Å². The van der Waals surface area contributed by atoms with Gasteiger partial charge in [-0.05, 0) is 5.56 Å². The van der Waals surface area contributed by atoms with Crippen LogP contribution < -0.4 is 5.73 Å². The molecule has 0 heterocycles. The largest absolute Gasteiger partial charge is 0.384 e. The molecule has 0 aromatic heterocycles. The summed E-state index contributed by atoms with van der Waals surface area (Å²) in [6, 6.07) is 7.50. The zero-order valence-corrected chi connectivity index (χ0v) is 6.94. The van der Waals surface area contributed by atoms with Gasteiger partial charge in [0, 0.05) is 11.3 Å². The van der Waals surface area contributed by atoms with E-state index in [0.29, 0.717) is 0 Å². The van der Waals surface area contributed by atoms with Crippen molar-refractivity contribution in [1.82, 2.24) is 0 Å². The zero-order chi connectivity index (χ0) is 8.27. The Morgan fingerprint density at radius 2 is 1.91 bits per heavy atom. The highest BCUT2D eigenvalue weighted by atomic mass is 32.1. The van der Waals surface area contributed by atoms with E-state index in [1.54, 1.807) is 0 Å². The molecule has 58 valence electrons. The highest BCUT2D eigenvalue weighted by Crippen LogP contribution is 2.05. The smallest absolute Gasteiger partial charge is 0.122 e. The van der Waals surface area contributed by atoms with E-state index in [4.69, 9.17) is 11.1 Å². The van der Waals surface area contributed by atoms with Gasteiger partial charge in [0.1, 0.15) is 5.84 Å². The second-order valence-electron chi connectivity index (χ2n) is 2.27. The first-order valence-electron chi connectivity index (χ1n) is 3.28. The molecule has 0 radical (unpaired) electrons. The normalized spacial score (nSPS) is 9.55. The van der Waals surface area contributed by atoms with Crippen molar-refractivity contribution in [3.05, 3.63) is 35.4 Å². The SMILES string of the molecule is N=C(N)c1ccc(CS)cc1. The Bertz CT molecular complexity index is 253. The summed E-state index contributed by atoms with van der Waals surface area (Å²) in [7, 11) is 0. The molecule has 0 aliphatic heterocycles. The van der Waals surface area contributed by atoms with Crippen molar-refractivity contribution >= 4 is 18.5 Å². The fourth-order valence-corrected chi connectivity index (χ4v) is 1.00. The number of nitrogens with two attached hydrogens (primary N) is 1. The molecule has 1 rings (SSSR count). The fraction of sp³-hybridized carbons (Fsp3) is 0.125. The molecule has 0 fully saturated rings. The molecule has 0 aliphatic rings. The standard InChI is InChI=1S/C8H10N2S/c9-8(10)7-3-1-6(5-11)2-4-7/h1-4,11H,5H2,(H3,9,10). The van der Waals surface area contributed by atoms with Gasteiger partial charge in [0.25, 0.3) is 0 Å². The minimum Gasteiger partial charge on any atom is -0.384 e. The summed E-state index contributed by atoms with van der Waals surface area (Å²) in [6.07, 6.45) is 0. The molecule has 3 N–H and O–H groups in total. The molecular formula is C8H10N2S. The van der Waals surface area contributed by atoms with E-state index in [-0.39, 0.29) is 5.84 Å². The lowest BCUT2D eigenvalue weighted by Gasteiger charge is -1.98. The summed E-state index contributed by atoms with van der Waals surface area (Å²) < 4.78 is 0. The number of hydrogen-bond donors (Lipinski definition) is 3. The third kappa shape index (κ3) is 1.98. The molecule has 0 unspecified atom stereocenters. The second kappa shape index (κ2) is 3.44. The van der Waals surface area contributed by atoms with Gasteiger partial charge in [-0.3, -0.25) is 5.41 Å². The van der Waals surface area contributed by atoms with Crippen LogP contribution in [0.3, 0.4) is 0 Å². The van der Waals surface area contributed by atoms with E-state index >= 15 is 0 Å². The molecule has 0 saturated heterocycles. The van der Waals surface area contributed by atoms with Gasteiger partial charge in [0.2, 0.25) is 0 Å². The summed E-state index contributed by atoms with van der Waals surface area (Å²) in [5.41, 5.74) is 7.17. The molecule has 1 aromatic carbocycles. The molecule has 0 amide bonds. The Morgan fingerprint density at radius 1 is 1.36 bits per heavy atom. The Morgan fingerprint density at radius 3 is 2.27 bits per heavy atom. The van der Waals surface area contributed by atoms with Gasteiger partial charge in [0.15, 0.2) is 0 Å². The number of benzene rings is 1. The number of nitrogen functional groups attached to an aromatic ring is 1. The van der Waals surface area contributed by atoms with Crippen LogP contribution in [0.25, 0.3) is 0 Å². The number of amidine groups is 1. The topological polar surface area (TPSA) is 49.9 Å². The van der Waals surface area contributed by atoms with Gasteiger partial charge in [-0.2, -0.15) is 12.6 Å². The molecule has 1 aromatic rings. The molecule has 0 aliphatic carbocycles. The van der Waals surface area contributed by atoms with Crippen LogP contribution in [0.15, 0.2) is 24.3 Å². The minimum absolute atomic E-state index is 0.107. The highest BCUT2D eigenvalue weighted by Gasteiger charge is 1.94. The average molecular weight is 166 g/mol. The molecular weight excluding hydrogens is 156 g/mol. The van der Waals surface area contributed by atoms with Gasteiger partial charge in [-0.15, -0.1) is 0 Å². The van der Waals surface area contributed by atoms with Crippen molar-refractivity contribution in [2.24, 2.45) is 5.73 Å². The molecule has 0 saturated carbocycles. The summed E-state index contributed by atoms with van der Waals surface area (Å²) in [5.74, 6) is 0.828. The van der Waals surface area contributed by atoms with Crippen LogP contribution >= 0.6 is 12.6 Å². The Balaban J connectivity index is 2.91. The van der Waals surface area contributed by atoms with E-state index in [1.165, 1.54) is 0 Å². The lowest BCUT2D eigenvalue weighted by molar-refractivity contribution is 1.38. The van der Waals surface area contributed by atoms with Gasteiger partial charge in [0.05, 0.1) is 0 Å². The summed E-state index contributed by atoms with van der Waals surface area (Å²) in [6.45, 7) is 0. The van der Waals surface area contributed by atoms with E-state index in [1.807, 2.05) is 24.3 Å². The number of hydrogen-bond acceptors (Lipinski definition) is 2. The summed E-state index contributed by atoms with van der Waals surface area (Å²) in [5, 5.41) is 7.12. The van der Waals surface area contributed by atoms with Gasteiger partial charge in [-0.1, -0.05) is 24.3 Å². The molecule has 0 bridgehead atoms. The maximum Gasteiger partial charge on any atom is 0.122 e. The van der Waals surface area contributed by atoms with Gasteiger partial charge in [-0.25, -0.2) is 0 Å². The quantitative estimate of drug-likeness (QED) is 0.347. The predicted octanol–water partition coefficient (Wildman–Crippen LogP) is 1.40. The summed E-state index contributed by atoms with van der Waals surface area (Å²) in [4.78, 5) is 0. The van der Waals surface area contributed by atoms with Crippen molar-refractivity contribution in [3.8, 4) is 0 Å². The van der Waals surface area contributed by atoms with E-state index in [2.05, 4.69) is 12.6 Å². The van der Waals surface area contributed by atoms with Crippen LogP contribution in [0.5, 0.6) is 0 Å². The van der Waals surface area contributed by atoms with Crippen LogP contribution in [0, 0.1) is 5.41 Å². The van der Waals surface area contributed by atoms with Gasteiger partial charge >= 0.3 is 0 Å². The number of nitrogens with one attached hydrogen (secondary N) is 1. The third-order valence-corrected chi connectivity index (χ3v) is 1.81. The first-order chi connectivity index (χ1) is 5.24. The lowest BCUT2D eigenvalue weighted by Crippen LogP contribution is -2.10. The molecule has 0 spiro atoms. The summed E-state index contributed by atoms with van der Waals surface area (Å²) >= 11 is 4.11. The van der Waals surface area contributed by atoms with Crippen molar-refractivity contribution in [2.45, 2.75) is 5.75 Å².